The molecule has 144 valence electrons. The fourth-order valence-corrected chi connectivity index (χ4v) is 2.25. The average Bonchev–Trinajstić information content (AvgIpc) is 3.14. The van der Waals surface area contributed by atoms with Crippen molar-refractivity contribution in [1.82, 2.24) is 10.6 Å². The van der Waals surface area contributed by atoms with Crippen LogP contribution < -0.4 is 15.4 Å². The van der Waals surface area contributed by atoms with E-state index in [1.165, 1.54) is 0 Å². The van der Waals surface area contributed by atoms with Crippen LogP contribution in [0.4, 0.5) is 0 Å². The molecule has 26 heavy (non-hydrogen) atoms. The van der Waals surface area contributed by atoms with Gasteiger partial charge < -0.3 is 24.9 Å². The Labute approximate surface area is 172 Å². The molecule has 0 aliphatic carbocycles. The summed E-state index contributed by atoms with van der Waals surface area (Å²) in [5, 5.41) is 16.9. The maximum absolute atomic E-state index is 10.5. The number of aliphatic hydroxyl groups is 1. The zero-order chi connectivity index (χ0) is 18.1. The molecule has 0 bridgehead atoms. The van der Waals surface area contributed by atoms with E-state index >= 15 is 0 Å². The van der Waals surface area contributed by atoms with Crippen molar-refractivity contribution in [3.8, 4) is 5.75 Å². The first-order chi connectivity index (χ1) is 12.0. The summed E-state index contributed by atoms with van der Waals surface area (Å²) in [4.78, 5) is 4.45. The van der Waals surface area contributed by atoms with E-state index in [9.17, 15) is 5.11 Å². The summed E-state index contributed by atoms with van der Waals surface area (Å²) in [5.74, 6) is 1.95. The highest BCUT2D eigenvalue weighted by Crippen LogP contribution is 2.21. The van der Waals surface area contributed by atoms with Crippen molar-refractivity contribution in [3.05, 3.63) is 54.5 Å². The first-order valence-corrected chi connectivity index (χ1v) is 8.51. The van der Waals surface area contributed by atoms with Gasteiger partial charge in [0.15, 0.2) is 5.96 Å². The summed E-state index contributed by atoms with van der Waals surface area (Å²) in [7, 11) is 0. The number of rotatable bonds is 8. The van der Waals surface area contributed by atoms with Crippen molar-refractivity contribution in [2.45, 2.75) is 32.5 Å². The van der Waals surface area contributed by atoms with Crippen LogP contribution in [-0.4, -0.2) is 36.8 Å². The molecule has 7 heteroatoms. The molecule has 3 N–H and O–H groups in total. The molecule has 0 saturated heterocycles. The normalized spacial score (nSPS) is 14.7. The van der Waals surface area contributed by atoms with Crippen molar-refractivity contribution in [1.29, 1.82) is 0 Å². The predicted octanol–water partition coefficient (Wildman–Crippen LogP) is 3.13. The van der Waals surface area contributed by atoms with Crippen LogP contribution in [0.15, 0.2) is 58.1 Å². The monoisotopic (exact) mass is 473 g/mol. The molecule has 2 rings (SSSR count). The number of para-hydroxylation sites is 1. The zero-order valence-electron chi connectivity index (χ0n) is 15.4. The second-order valence-corrected chi connectivity index (χ2v) is 6.07. The topological polar surface area (TPSA) is 79.0 Å². The zero-order valence-corrected chi connectivity index (χ0v) is 17.8. The van der Waals surface area contributed by atoms with Crippen LogP contribution in [0.5, 0.6) is 5.75 Å². The lowest BCUT2D eigenvalue weighted by molar-refractivity contribution is 0.0437. The molecule has 0 spiro atoms. The third kappa shape index (κ3) is 7.25. The number of benzene rings is 1. The first kappa shape index (κ1) is 22.3. The van der Waals surface area contributed by atoms with Crippen LogP contribution in [0, 0.1) is 0 Å². The second-order valence-electron chi connectivity index (χ2n) is 6.07. The highest BCUT2D eigenvalue weighted by atomic mass is 127. The van der Waals surface area contributed by atoms with E-state index in [4.69, 9.17) is 9.15 Å². The van der Waals surface area contributed by atoms with Crippen LogP contribution in [0.2, 0.25) is 0 Å². The van der Waals surface area contributed by atoms with Crippen molar-refractivity contribution >= 4 is 29.9 Å². The molecule has 0 radical (unpaired) electrons. The van der Waals surface area contributed by atoms with Crippen LogP contribution >= 0.6 is 24.0 Å². The quantitative estimate of drug-likeness (QED) is 0.312. The third-order valence-corrected chi connectivity index (χ3v) is 3.58. The number of halogens is 1. The lowest BCUT2D eigenvalue weighted by Crippen LogP contribution is -2.42. The minimum Gasteiger partial charge on any atom is -0.489 e. The van der Waals surface area contributed by atoms with Crippen LogP contribution in [-0.2, 0) is 5.60 Å². The molecule has 0 aliphatic rings. The maximum atomic E-state index is 10.5. The fourth-order valence-electron chi connectivity index (χ4n) is 2.25. The van der Waals surface area contributed by atoms with E-state index in [2.05, 4.69) is 15.6 Å². The SMILES string of the molecule is CCNC(=NCC(C)(O)c1ccco1)NCC(C)Oc1ccccc1.I. The van der Waals surface area contributed by atoms with Gasteiger partial charge in [-0.15, -0.1) is 24.0 Å². The molecular formula is C19H28IN3O3. The molecule has 0 saturated carbocycles. The Morgan fingerprint density at radius 3 is 2.58 bits per heavy atom. The largest absolute Gasteiger partial charge is 0.489 e. The third-order valence-electron chi connectivity index (χ3n) is 3.58. The molecule has 1 aromatic heterocycles. The lowest BCUT2D eigenvalue weighted by Gasteiger charge is -2.21. The van der Waals surface area contributed by atoms with Gasteiger partial charge in [-0.25, -0.2) is 4.99 Å². The van der Waals surface area contributed by atoms with Crippen LogP contribution in [0.25, 0.3) is 0 Å². The molecule has 0 fully saturated rings. The molecule has 2 atom stereocenters. The predicted molar refractivity (Wildman–Crippen MR) is 114 cm³/mol. The average molecular weight is 473 g/mol. The number of hydrogen-bond donors (Lipinski definition) is 3. The summed E-state index contributed by atoms with van der Waals surface area (Å²) in [6.45, 7) is 7.16. The number of nitrogens with one attached hydrogen (secondary N) is 2. The van der Waals surface area contributed by atoms with E-state index in [-0.39, 0.29) is 36.6 Å². The minimum absolute atomic E-state index is 0. The fraction of sp³-hybridized carbons (Fsp3) is 0.421. The number of guanidine groups is 1. The summed E-state index contributed by atoms with van der Waals surface area (Å²) in [5.41, 5.74) is -1.15. The first-order valence-electron chi connectivity index (χ1n) is 8.51. The number of furan rings is 1. The molecule has 1 heterocycles. The van der Waals surface area contributed by atoms with Gasteiger partial charge in [0.25, 0.3) is 0 Å². The number of nitrogens with zero attached hydrogens (tertiary/aromatic N) is 1. The molecule has 0 aliphatic heterocycles. The van der Waals surface area contributed by atoms with Crippen LogP contribution in [0.1, 0.15) is 26.5 Å². The molecule has 1 aromatic carbocycles. The second kappa shape index (κ2) is 11.1. The van der Waals surface area contributed by atoms with Crippen molar-refractivity contribution in [3.63, 3.8) is 0 Å². The van der Waals surface area contributed by atoms with Gasteiger partial charge in [0.05, 0.1) is 19.4 Å². The van der Waals surface area contributed by atoms with Gasteiger partial charge in [0.1, 0.15) is 23.2 Å². The van der Waals surface area contributed by atoms with Gasteiger partial charge in [-0.1, -0.05) is 18.2 Å². The standard InChI is InChI=1S/C19H27N3O3.HI/c1-4-20-18(22-14-19(3,23)17-11-8-12-24-17)21-13-15(2)25-16-9-6-5-7-10-16;/h5-12,15,23H,4,13-14H2,1-3H3,(H2,20,21,22);1H. The molecule has 2 unspecified atom stereocenters. The number of aliphatic imine (C=N–C) groups is 1. The Morgan fingerprint density at radius 1 is 1.23 bits per heavy atom. The van der Waals surface area contributed by atoms with Gasteiger partial charge in [-0.2, -0.15) is 0 Å². The van der Waals surface area contributed by atoms with Gasteiger partial charge >= 0.3 is 0 Å². The summed E-state index contributed by atoms with van der Waals surface area (Å²) in [6.07, 6.45) is 1.51. The van der Waals surface area contributed by atoms with E-state index in [0.717, 1.165) is 12.3 Å². The Morgan fingerprint density at radius 2 is 1.96 bits per heavy atom. The van der Waals surface area contributed by atoms with Crippen molar-refractivity contribution in [2.75, 3.05) is 19.6 Å². The van der Waals surface area contributed by atoms with Gasteiger partial charge in [0.2, 0.25) is 0 Å². The van der Waals surface area contributed by atoms with Crippen molar-refractivity contribution < 1.29 is 14.3 Å². The highest BCUT2D eigenvalue weighted by Gasteiger charge is 2.26. The lowest BCUT2D eigenvalue weighted by atomic mass is 10.0. The Bertz CT molecular complexity index is 645. The molecular weight excluding hydrogens is 445 g/mol. The van der Waals surface area contributed by atoms with E-state index in [0.29, 0.717) is 18.3 Å². The molecule has 6 nitrogen and oxygen atoms in total. The number of hydrogen-bond acceptors (Lipinski definition) is 4. The van der Waals surface area contributed by atoms with Gasteiger partial charge in [-0.05, 0) is 45.0 Å². The molecule has 0 amide bonds. The summed E-state index contributed by atoms with van der Waals surface area (Å²) in [6, 6.07) is 13.2. The minimum atomic E-state index is -1.15. The Hall–Kier alpha value is -1.74. The van der Waals surface area contributed by atoms with E-state index < -0.39 is 5.60 Å². The van der Waals surface area contributed by atoms with Crippen LogP contribution in [0.3, 0.4) is 0 Å². The highest BCUT2D eigenvalue weighted by molar-refractivity contribution is 14.0. The smallest absolute Gasteiger partial charge is 0.191 e. The maximum Gasteiger partial charge on any atom is 0.191 e. The molecule has 2 aromatic rings. The van der Waals surface area contributed by atoms with E-state index in [1.54, 1.807) is 25.3 Å². The Balaban J connectivity index is 0.00000338. The van der Waals surface area contributed by atoms with Gasteiger partial charge in [0, 0.05) is 6.54 Å². The summed E-state index contributed by atoms with van der Waals surface area (Å²) < 4.78 is 11.1. The van der Waals surface area contributed by atoms with Gasteiger partial charge in [-0.3, -0.25) is 0 Å². The summed E-state index contributed by atoms with van der Waals surface area (Å²) >= 11 is 0. The number of ether oxygens (including phenoxy) is 1. The van der Waals surface area contributed by atoms with E-state index in [1.807, 2.05) is 44.2 Å². The Kier molecular flexibility index (Phi) is 9.50. The van der Waals surface area contributed by atoms with Crippen molar-refractivity contribution in [2.24, 2.45) is 4.99 Å².